The summed E-state index contributed by atoms with van der Waals surface area (Å²) in [4.78, 5) is 0. The predicted molar refractivity (Wildman–Crippen MR) is 103 cm³/mol. The van der Waals surface area contributed by atoms with Crippen LogP contribution in [0.3, 0.4) is 0 Å². The summed E-state index contributed by atoms with van der Waals surface area (Å²) in [5.41, 5.74) is 2.47. The lowest BCUT2D eigenvalue weighted by Gasteiger charge is -2.18. The Labute approximate surface area is 144 Å². The van der Waals surface area contributed by atoms with Crippen molar-refractivity contribution in [1.82, 2.24) is 0 Å². The number of ether oxygens (including phenoxy) is 2. The largest absolute Gasteiger partial charge is 0.492 e. The van der Waals surface area contributed by atoms with Gasteiger partial charge in [0, 0.05) is 21.5 Å². The van der Waals surface area contributed by atoms with Gasteiger partial charge < -0.3 is 9.47 Å². The van der Waals surface area contributed by atoms with Crippen LogP contribution in [-0.2, 0) is 0 Å². The van der Waals surface area contributed by atoms with Gasteiger partial charge in [0.25, 0.3) is 0 Å². The second kappa shape index (κ2) is 7.12. The van der Waals surface area contributed by atoms with Crippen molar-refractivity contribution in [2.45, 2.75) is 40.5 Å². The molecular formula is C22H26O2. The number of aryl methyl sites for hydroxylation is 2. The molecule has 0 aromatic heterocycles. The Morgan fingerprint density at radius 3 is 1.46 bits per heavy atom. The molecule has 0 aliphatic heterocycles. The molecule has 3 rings (SSSR count). The van der Waals surface area contributed by atoms with Crippen LogP contribution in [0.25, 0.3) is 21.5 Å². The van der Waals surface area contributed by atoms with Crippen LogP contribution in [0.5, 0.6) is 11.5 Å². The molecule has 0 saturated carbocycles. The molecule has 2 nitrogen and oxygen atoms in total. The van der Waals surface area contributed by atoms with E-state index in [1.54, 1.807) is 0 Å². The van der Waals surface area contributed by atoms with Crippen LogP contribution in [0.15, 0.2) is 36.4 Å². The first-order valence-electron chi connectivity index (χ1n) is 8.88. The number of fused-ring (bicyclic) bond motifs is 2. The molecule has 0 heterocycles. The van der Waals surface area contributed by atoms with E-state index in [2.05, 4.69) is 64.1 Å². The summed E-state index contributed by atoms with van der Waals surface area (Å²) < 4.78 is 12.4. The van der Waals surface area contributed by atoms with E-state index in [0.29, 0.717) is 0 Å². The van der Waals surface area contributed by atoms with Gasteiger partial charge in [-0.15, -0.1) is 0 Å². The van der Waals surface area contributed by atoms with Crippen LogP contribution in [0, 0.1) is 13.8 Å². The average Bonchev–Trinajstić information content (AvgIpc) is 2.58. The summed E-state index contributed by atoms with van der Waals surface area (Å²) in [6, 6.07) is 13.0. The lowest BCUT2D eigenvalue weighted by Crippen LogP contribution is -2.01. The molecule has 0 atom stereocenters. The van der Waals surface area contributed by atoms with E-state index in [-0.39, 0.29) is 0 Å². The third-order valence-electron chi connectivity index (χ3n) is 4.23. The van der Waals surface area contributed by atoms with Gasteiger partial charge in [-0.25, -0.2) is 0 Å². The van der Waals surface area contributed by atoms with Crippen molar-refractivity contribution < 1.29 is 9.47 Å². The molecule has 0 radical (unpaired) electrons. The van der Waals surface area contributed by atoms with Crippen LogP contribution < -0.4 is 9.47 Å². The van der Waals surface area contributed by atoms with E-state index < -0.39 is 0 Å². The molecule has 126 valence electrons. The first kappa shape index (κ1) is 16.6. The quantitative estimate of drug-likeness (QED) is 0.504. The molecule has 0 fully saturated rings. The summed E-state index contributed by atoms with van der Waals surface area (Å²) in [6.45, 7) is 9.96. The maximum Gasteiger partial charge on any atom is 0.135 e. The third kappa shape index (κ3) is 3.06. The smallest absolute Gasteiger partial charge is 0.135 e. The fraction of sp³-hybridized carbons (Fsp3) is 0.364. The summed E-state index contributed by atoms with van der Waals surface area (Å²) in [7, 11) is 0. The normalized spacial score (nSPS) is 11.2. The van der Waals surface area contributed by atoms with Gasteiger partial charge in [0.2, 0.25) is 0 Å². The van der Waals surface area contributed by atoms with E-state index in [0.717, 1.165) is 59.1 Å². The van der Waals surface area contributed by atoms with Crippen LogP contribution >= 0.6 is 0 Å². The van der Waals surface area contributed by atoms with Gasteiger partial charge in [0.05, 0.1) is 13.2 Å². The SMILES string of the molecule is CCCOc1c2ccc(C)cc2c(OCCC)c2cc(C)ccc12. The number of hydrogen-bond acceptors (Lipinski definition) is 2. The Bertz CT molecular complexity index is 802. The maximum atomic E-state index is 6.20. The minimum Gasteiger partial charge on any atom is -0.492 e. The molecule has 0 aliphatic carbocycles. The topological polar surface area (TPSA) is 18.5 Å². The van der Waals surface area contributed by atoms with Gasteiger partial charge in [-0.2, -0.15) is 0 Å². The minimum absolute atomic E-state index is 0.723. The third-order valence-corrected chi connectivity index (χ3v) is 4.23. The second-order valence-electron chi connectivity index (χ2n) is 6.45. The van der Waals surface area contributed by atoms with Crippen LogP contribution in [0.2, 0.25) is 0 Å². The van der Waals surface area contributed by atoms with Crippen molar-refractivity contribution in [3.8, 4) is 11.5 Å². The molecule has 0 aliphatic rings. The lowest BCUT2D eigenvalue weighted by atomic mass is 9.98. The molecule has 2 heteroatoms. The van der Waals surface area contributed by atoms with E-state index in [9.17, 15) is 0 Å². The zero-order valence-electron chi connectivity index (χ0n) is 15.1. The molecular weight excluding hydrogens is 296 g/mol. The first-order chi connectivity index (χ1) is 11.7. The first-order valence-corrected chi connectivity index (χ1v) is 8.88. The van der Waals surface area contributed by atoms with E-state index in [1.165, 1.54) is 11.1 Å². The number of rotatable bonds is 6. The zero-order valence-corrected chi connectivity index (χ0v) is 15.1. The van der Waals surface area contributed by atoms with Gasteiger partial charge in [0.1, 0.15) is 11.5 Å². The lowest BCUT2D eigenvalue weighted by molar-refractivity contribution is 0.319. The molecule has 3 aromatic carbocycles. The van der Waals surface area contributed by atoms with Gasteiger partial charge in [0.15, 0.2) is 0 Å². The second-order valence-corrected chi connectivity index (χ2v) is 6.45. The van der Waals surface area contributed by atoms with Crippen LogP contribution in [0.1, 0.15) is 37.8 Å². The number of hydrogen-bond donors (Lipinski definition) is 0. The van der Waals surface area contributed by atoms with Crippen molar-refractivity contribution in [1.29, 1.82) is 0 Å². The molecule has 0 unspecified atom stereocenters. The fourth-order valence-corrected chi connectivity index (χ4v) is 3.10. The van der Waals surface area contributed by atoms with Gasteiger partial charge in [-0.1, -0.05) is 49.2 Å². The van der Waals surface area contributed by atoms with Gasteiger partial charge in [-0.05, 0) is 38.8 Å². The highest BCUT2D eigenvalue weighted by Gasteiger charge is 2.16. The van der Waals surface area contributed by atoms with Crippen molar-refractivity contribution in [3.63, 3.8) is 0 Å². The zero-order chi connectivity index (χ0) is 17.1. The maximum absolute atomic E-state index is 6.20. The van der Waals surface area contributed by atoms with Crippen molar-refractivity contribution in [2.24, 2.45) is 0 Å². The summed E-state index contributed by atoms with van der Waals surface area (Å²) in [5, 5.41) is 4.56. The van der Waals surface area contributed by atoms with Gasteiger partial charge >= 0.3 is 0 Å². The van der Waals surface area contributed by atoms with E-state index >= 15 is 0 Å². The molecule has 0 saturated heterocycles. The summed E-state index contributed by atoms with van der Waals surface area (Å²) in [5.74, 6) is 1.96. The molecule has 3 aromatic rings. The molecule has 0 bridgehead atoms. The van der Waals surface area contributed by atoms with Gasteiger partial charge in [-0.3, -0.25) is 0 Å². The van der Waals surface area contributed by atoms with E-state index in [1.807, 2.05) is 0 Å². The van der Waals surface area contributed by atoms with Crippen molar-refractivity contribution in [3.05, 3.63) is 47.5 Å². The Morgan fingerprint density at radius 1 is 0.625 bits per heavy atom. The average molecular weight is 322 g/mol. The fourth-order valence-electron chi connectivity index (χ4n) is 3.10. The summed E-state index contributed by atoms with van der Waals surface area (Å²) >= 11 is 0. The molecule has 0 spiro atoms. The Morgan fingerprint density at radius 2 is 1.04 bits per heavy atom. The van der Waals surface area contributed by atoms with E-state index in [4.69, 9.17) is 9.47 Å². The Hall–Kier alpha value is -2.22. The minimum atomic E-state index is 0.723. The highest BCUT2D eigenvalue weighted by Crippen LogP contribution is 2.43. The molecule has 24 heavy (non-hydrogen) atoms. The Kier molecular flexibility index (Phi) is 4.94. The predicted octanol–water partition coefficient (Wildman–Crippen LogP) is 6.19. The monoisotopic (exact) mass is 322 g/mol. The van der Waals surface area contributed by atoms with Crippen LogP contribution in [-0.4, -0.2) is 13.2 Å². The van der Waals surface area contributed by atoms with Crippen molar-refractivity contribution in [2.75, 3.05) is 13.2 Å². The standard InChI is InChI=1S/C22H26O2/c1-5-11-23-21-17-9-7-15(3)13-19(17)22(24-12-6-2)20-14-16(4)8-10-18(20)21/h7-10,13-14H,5-6,11-12H2,1-4H3. The number of benzene rings is 3. The molecule has 0 amide bonds. The highest BCUT2D eigenvalue weighted by atomic mass is 16.5. The summed E-state index contributed by atoms with van der Waals surface area (Å²) in [6.07, 6.45) is 1.99. The molecule has 0 N–H and O–H groups in total. The van der Waals surface area contributed by atoms with Crippen LogP contribution in [0.4, 0.5) is 0 Å². The Balaban J connectivity index is 2.38. The van der Waals surface area contributed by atoms with Crippen molar-refractivity contribution >= 4 is 21.5 Å². The highest BCUT2D eigenvalue weighted by molar-refractivity contribution is 6.11.